The smallest absolute Gasteiger partial charge is 0.321 e. The molecular formula is C11H22N4O3. The Morgan fingerprint density at radius 1 is 1.11 bits per heavy atom. The topological polar surface area (TPSA) is 99.3 Å². The molecule has 0 bridgehead atoms. The van der Waals surface area contributed by atoms with Gasteiger partial charge in [-0.15, -0.1) is 0 Å². The Labute approximate surface area is 107 Å². The van der Waals surface area contributed by atoms with Crippen LogP contribution < -0.4 is 21.3 Å². The molecule has 0 radical (unpaired) electrons. The van der Waals surface area contributed by atoms with Crippen LogP contribution in [-0.2, 0) is 9.59 Å². The molecule has 18 heavy (non-hydrogen) atoms. The predicted octanol–water partition coefficient (Wildman–Crippen LogP) is -0.665. The third kappa shape index (κ3) is 7.61. The molecule has 0 fully saturated rings. The number of nitrogens with one attached hydrogen (secondary N) is 4. The third-order valence-corrected chi connectivity index (χ3v) is 2.11. The van der Waals surface area contributed by atoms with E-state index in [4.69, 9.17) is 0 Å². The average molecular weight is 258 g/mol. The van der Waals surface area contributed by atoms with Gasteiger partial charge in [-0.05, 0) is 20.8 Å². The van der Waals surface area contributed by atoms with Crippen LogP contribution in [0.2, 0.25) is 0 Å². The van der Waals surface area contributed by atoms with Gasteiger partial charge in [-0.1, -0.05) is 0 Å². The lowest BCUT2D eigenvalue weighted by Gasteiger charge is -2.13. The van der Waals surface area contributed by atoms with Crippen LogP contribution in [0.3, 0.4) is 0 Å². The second-order valence-electron chi connectivity index (χ2n) is 4.22. The zero-order valence-corrected chi connectivity index (χ0v) is 11.3. The summed E-state index contributed by atoms with van der Waals surface area (Å²) in [4.78, 5) is 33.6. The summed E-state index contributed by atoms with van der Waals surface area (Å²) in [5, 5.41) is 10.0. The number of imide groups is 1. The van der Waals surface area contributed by atoms with Gasteiger partial charge in [0, 0.05) is 26.1 Å². The maximum absolute atomic E-state index is 11.4. The fourth-order valence-corrected chi connectivity index (χ4v) is 1.17. The van der Waals surface area contributed by atoms with Crippen LogP contribution in [0.5, 0.6) is 0 Å². The molecule has 0 heterocycles. The Morgan fingerprint density at radius 3 is 2.22 bits per heavy atom. The third-order valence-electron chi connectivity index (χ3n) is 2.11. The Kier molecular flexibility index (Phi) is 7.69. The molecule has 0 aromatic heterocycles. The van der Waals surface area contributed by atoms with E-state index in [0.717, 1.165) is 0 Å². The zero-order chi connectivity index (χ0) is 14.1. The van der Waals surface area contributed by atoms with E-state index in [9.17, 15) is 14.4 Å². The molecule has 4 N–H and O–H groups in total. The van der Waals surface area contributed by atoms with E-state index >= 15 is 0 Å². The summed E-state index contributed by atoms with van der Waals surface area (Å²) in [5.41, 5.74) is 0. The van der Waals surface area contributed by atoms with Crippen LogP contribution in [0, 0.1) is 0 Å². The maximum atomic E-state index is 11.4. The van der Waals surface area contributed by atoms with Gasteiger partial charge in [0.05, 0.1) is 6.04 Å². The van der Waals surface area contributed by atoms with E-state index in [1.165, 1.54) is 7.05 Å². The number of carbonyl (C=O) groups excluding carboxylic acids is 3. The van der Waals surface area contributed by atoms with Crippen molar-refractivity contribution in [2.45, 2.75) is 39.3 Å². The van der Waals surface area contributed by atoms with Gasteiger partial charge in [0.2, 0.25) is 11.8 Å². The molecule has 0 aliphatic carbocycles. The van der Waals surface area contributed by atoms with Crippen LogP contribution in [0.1, 0.15) is 27.2 Å². The molecule has 0 saturated carbocycles. The lowest BCUT2D eigenvalue weighted by atomic mass is 10.3. The fourth-order valence-electron chi connectivity index (χ4n) is 1.17. The maximum Gasteiger partial charge on any atom is 0.321 e. The van der Waals surface area contributed by atoms with Crippen LogP contribution in [-0.4, -0.2) is 43.5 Å². The van der Waals surface area contributed by atoms with E-state index in [-0.39, 0.29) is 18.4 Å². The quantitative estimate of drug-likeness (QED) is 0.508. The Morgan fingerprint density at radius 2 is 1.72 bits per heavy atom. The highest BCUT2D eigenvalue weighted by molar-refractivity contribution is 5.96. The SMILES string of the molecule is CNC(=O)NC(=O)C(C)NCCC(=O)NC(C)C. The summed E-state index contributed by atoms with van der Waals surface area (Å²) in [5.74, 6) is -0.505. The van der Waals surface area contributed by atoms with Crippen molar-refractivity contribution in [2.24, 2.45) is 0 Å². The summed E-state index contributed by atoms with van der Waals surface area (Å²) in [6.45, 7) is 5.76. The minimum absolute atomic E-state index is 0.0728. The molecule has 1 atom stereocenters. The molecule has 104 valence electrons. The van der Waals surface area contributed by atoms with Crippen LogP contribution >= 0.6 is 0 Å². The molecule has 0 rings (SSSR count). The first kappa shape index (κ1) is 16.4. The van der Waals surface area contributed by atoms with Crippen molar-refractivity contribution in [2.75, 3.05) is 13.6 Å². The molecule has 0 spiro atoms. The monoisotopic (exact) mass is 258 g/mol. The highest BCUT2D eigenvalue weighted by atomic mass is 16.2. The van der Waals surface area contributed by atoms with Crippen molar-refractivity contribution >= 4 is 17.8 Å². The second-order valence-corrected chi connectivity index (χ2v) is 4.22. The summed E-state index contributed by atoms with van der Waals surface area (Å²) in [6, 6.07) is -0.980. The summed E-state index contributed by atoms with van der Waals surface area (Å²) < 4.78 is 0. The molecule has 0 aliphatic rings. The normalized spacial score (nSPS) is 11.8. The van der Waals surface area contributed by atoms with Gasteiger partial charge in [0.15, 0.2) is 0 Å². The van der Waals surface area contributed by atoms with Gasteiger partial charge in [0.25, 0.3) is 0 Å². The standard InChI is InChI=1S/C11H22N4O3/c1-7(2)14-9(16)5-6-13-8(3)10(17)15-11(18)12-4/h7-8,13H,5-6H2,1-4H3,(H,14,16)(H2,12,15,17,18). The van der Waals surface area contributed by atoms with Crippen LogP contribution in [0.4, 0.5) is 4.79 Å². The molecule has 7 heteroatoms. The number of amides is 4. The second kappa shape index (κ2) is 8.46. The zero-order valence-electron chi connectivity index (χ0n) is 11.3. The molecule has 0 aliphatic heterocycles. The Balaban J connectivity index is 3.82. The van der Waals surface area contributed by atoms with Gasteiger partial charge in [-0.25, -0.2) is 4.79 Å². The number of rotatable bonds is 6. The van der Waals surface area contributed by atoms with E-state index in [0.29, 0.717) is 6.54 Å². The van der Waals surface area contributed by atoms with E-state index in [2.05, 4.69) is 21.3 Å². The molecule has 1 unspecified atom stereocenters. The van der Waals surface area contributed by atoms with Crippen molar-refractivity contribution in [3.05, 3.63) is 0 Å². The number of hydrogen-bond donors (Lipinski definition) is 4. The van der Waals surface area contributed by atoms with Crippen molar-refractivity contribution in [1.29, 1.82) is 0 Å². The molecule has 7 nitrogen and oxygen atoms in total. The average Bonchev–Trinajstić information content (AvgIpc) is 2.27. The Bertz CT molecular complexity index is 305. The van der Waals surface area contributed by atoms with E-state index in [1.807, 2.05) is 13.8 Å². The first-order valence-electron chi connectivity index (χ1n) is 5.92. The van der Waals surface area contributed by atoms with E-state index in [1.54, 1.807) is 6.92 Å². The highest BCUT2D eigenvalue weighted by Crippen LogP contribution is 1.86. The van der Waals surface area contributed by atoms with Crippen LogP contribution in [0.15, 0.2) is 0 Å². The van der Waals surface area contributed by atoms with Gasteiger partial charge < -0.3 is 16.0 Å². The number of carbonyl (C=O) groups is 3. The first-order chi connectivity index (χ1) is 8.36. The number of urea groups is 1. The lowest BCUT2D eigenvalue weighted by molar-refractivity contribution is -0.123. The Hall–Kier alpha value is -1.63. The molecule has 0 saturated heterocycles. The van der Waals surface area contributed by atoms with Crippen LogP contribution in [0.25, 0.3) is 0 Å². The molecule has 4 amide bonds. The van der Waals surface area contributed by atoms with Crippen molar-refractivity contribution < 1.29 is 14.4 Å². The van der Waals surface area contributed by atoms with Gasteiger partial charge in [-0.3, -0.25) is 14.9 Å². The predicted molar refractivity (Wildman–Crippen MR) is 68.0 cm³/mol. The van der Waals surface area contributed by atoms with Gasteiger partial charge in [-0.2, -0.15) is 0 Å². The molecular weight excluding hydrogens is 236 g/mol. The molecule has 0 aromatic rings. The number of hydrogen-bond acceptors (Lipinski definition) is 4. The first-order valence-corrected chi connectivity index (χ1v) is 5.92. The van der Waals surface area contributed by atoms with Gasteiger partial charge >= 0.3 is 6.03 Å². The summed E-state index contributed by atoms with van der Waals surface area (Å²) in [6.07, 6.45) is 0.287. The molecule has 0 aromatic carbocycles. The van der Waals surface area contributed by atoms with E-state index < -0.39 is 18.0 Å². The minimum Gasteiger partial charge on any atom is -0.354 e. The lowest BCUT2D eigenvalue weighted by Crippen LogP contribution is -2.48. The summed E-state index contributed by atoms with van der Waals surface area (Å²) in [7, 11) is 1.43. The van der Waals surface area contributed by atoms with Crippen molar-refractivity contribution in [3.63, 3.8) is 0 Å². The highest BCUT2D eigenvalue weighted by Gasteiger charge is 2.14. The minimum atomic E-state index is -0.550. The largest absolute Gasteiger partial charge is 0.354 e. The van der Waals surface area contributed by atoms with Crippen molar-refractivity contribution in [3.8, 4) is 0 Å². The summed E-state index contributed by atoms with van der Waals surface area (Å²) >= 11 is 0. The van der Waals surface area contributed by atoms with Gasteiger partial charge in [0.1, 0.15) is 0 Å². The van der Waals surface area contributed by atoms with Crippen molar-refractivity contribution in [1.82, 2.24) is 21.3 Å². The fraction of sp³-hybridized carbons (Fsp3) is 0.727.